The van der Waals surface area contributed by atoms with E-state index in [1.165, 1.54) is 35.2 Å². The van der Waals surface area contributed by atoms with Crippen LogP contribution in [-0.4, -0.2) is 27.6 Å². The van der Waals surface area contributed by atoms with Crippen LogP contribution in [0.3, 0.4) is 0 Å². The zero-order chi connectivity index (χ0) is 26.0. The number of halogens is 7. The summed E-state index contributed by atoms with van der Waals surface area (Å²) < 4.78 is 91.4. The van der Waals surface area contributed by atoms with Crippen molar-refractivity contribution in [2.24, 2.45) is 0 Å². The maximum absolute atomic E-state index is 13.2. The number of benzene rings is 2. The second-order valence-electron chi connectivity index (χ2n) is 7.29. The highest BCUT2D eigenvalue weighted by atomic mass is 32.2. The molecule has 1 saturated heterocycles. The number of alkyl halides is 6. The molecule has 0 aliphatic carbocycles. The van der Waals surface area contributed by atoms with Crippen LogP contribution in [0.15, 0.2) is 47.4 Å². The van der Waals surface area contributed by atoms with E-state index in [0.29, 0.717) is 5.56 Å². The van der Waals surface area contributed by atoms with Crippen LogP contribution in [0.5, 0.6) is 0 Å². The van der Waals surface area contributed by atoms with Crippen molar-refractivity contribution in [1.82, 2.24) is 4.90 Å². The molecule has 13 heteroatoms. The van der Waals surface area contributed by atoms with Crippen molar-refractivity contribution in [1.29, 1.82) is 0 Å². The Balaban J connectivity index is 1.63. The number of carbonyl (C=O) groups is 2. The highest BCUT2D eigenvalue weighted by molar-refractivity contribution is 8.26. The summed E-state index contributed by atoms with van der Waals surface area (Å²) in [6.07, 6.45) is -8.75. The number of hydrogen-bond acceptors (Lipinski definition) is 4. The molecule has 1 N–H and O–H groups in total. The lowest BCUT2D eigenvalue weighted by molar-refractivity contribution is -0.141. The number of nitrogens with zero attached hydrogens (tertiary/aromatic N) is 1. The maximum atomic E-state index is 13.2. The van der Waals surface area contributed by atoms with E-state index in [0.717, 1.165) is 11.8 Å². The quantitative estimate of drug-likeness (QED) is 0.261. The summed E-state index contributed by atoms with van der Waals surface area (Å²) in [4.78, 5) is 26.2. The molecule has 1 aliphatic heterocycles. The molecular formula is C22H15F7N2O2S2. The number of carbonyl (C=O) groups excluding carboxylic acids is 2. The van der Waals surface area contributed by atoms with E-state index in [-0.39, 0.29) is 46.8 Å². The Morgan fingerprint density at radius 3 is 2.29 bits per heavy atom. The van der Waals surface area contributed by atoms with Crippen molar-refractivity contribution in [3.8, 4) is 0 Å². The fourth-order valence-corrected chi connectivity index (χ4v) is 4.39. The van der Waals surface area contributed by atoms with Gasteiger partial charge in [-0.25, -0.2) is 4.39 Å². The van der Waals surface area contributed by atoms with Crippen LogP contribution in [0, 0.1) is 5.82 Å². The number of rotatable bonds is 6. The van der Waals surface area contributed by atoms with Gasteiger partial charge in [0.05, 0.1) is 21.7 Å². The molecule has 186 valence electrons. The van der Waals surface area contributed by atoms with Crippen molar-refractivity contribution in [3.05, 3.63) is 69.9 Å². The molecular weight excluding hydrogens is 521 g/mol. The third kappa shape index (κ3) is 6.82. The summed E-state index contributed by atoms with van der Waals surface area (Å²) in [5.74, 6) is -1.86. The van der Waals surface area contributed by atoms with Crippen LogP contribution in [0.4, 0.5) is 36.4 Å². The van der Waals surface area contributed by atoms with Crippen LogP contribution in [0.1, 0.15) is 29.5 Å². The van der Waals surface area contributed by atoms with Crippen LogP contribution < -0.4 is 5.32 Å². The van der Waals surface area contributed by atoms with E-state index < -0.39 is 46.8 Å². The molecule has 1 fully saturated rings. The standard InChI is InChI=1S/C22H15F7N2O2S2/c23-14-6-3-12(4-7-14)10-17-19(33)31(20(34)35-17)9-1-2-18(32)30-16-11-13(21(24,25)26)5-8-15(16)22(27,28)29/h3-8,10-11H,1-2,9H2,(H,30,32)/b17-10-. The Labute approximate surface area is 204 Å². The lowest BCUT2D eigenvalue weighted by Crippen LogP contribution is -2.29. The number of thioether (sulfide) groups is 1. The van der Waals surface area contributed by atoms with Crippen molar-refractivity contribution in [2.45, 2.75) is 25.2 Å². The van der Waals surface area contributed by atoms with E-state index in [2.05, 4.69) is 0 Å². The highest BCUT2D eigenvalue weighted by Gasteiger charge is 2.37. The fourth-order valence-electron chi connectivity index (χ4n) is 3.08. The summed E-state index contributed by atoms with van der Waals surface area (Å²) in [6, 6.07) is 6.14. The van der Waals surface area contributed by atoms with E-state index >= 15 is 0 Å². The molecule has 0 saturated carbocycles. The molecule has 2 amide bonds. The number of nitrogens with one attached hydrogen (secondary N) is 1. The first kappa shape index (κ1) is 26.7. The Bertz CT molecular complexity index is 1180. The van der Waals surface area contributed by atoms with E-state index in [9.17, 15) is 40.3 Å². The van der Waals surface area contributed by atoms with Gasteiger partial charge in [0.25, 0.3) is 5.91 Å². The van der Waals surface area contributed by atoms with Gasteiger partial charge in [-0.05, 0) is 48.4 Å². The van der Waals surface area contributed by atoms with E-state index in [4.69, 9.17) is 12.2 Å². The van der Waals surface area contributed by atoms with Gasteiger partial charge in [-0.2, -0.15) is 26.3 Å². The summed E-state index contributed by atoms with van der Waals surface area (Å²) >= 11 is 6.15. The molecule has 35 heavy (non-hydrogen) atoms. The minimum atomic E-state index is -4.98. The first-order valence-corrected chi connectivity index (χ1v) is 11.1. The molecule has 2 aromatic carbocycles. The molecule has 4 nitrogen and oxygen atoms in total. The van der Waals surface area contributed by atoms with Crippen molar-refractivity contribution in [3.63, 3.8) is 0 Å². The number of hydrogen-bond donors (Lipinski definition) is 1. The Hall–Kier alpha value is -2.93. The smallest absolute Gasteiger partial charge is 0.325 e. The minimum absolute atomic E-state index is 0.0115. The van der Waals surface area contributed by atoms with Crippen LogP contribution in [-0.2, 0) is 21.9 Å². The highest BCUT2D eigenvalue weighted by Crippen LogP contribution is 2.39. The van der Waals surface area contributed by atoms with Crippen LogP contribution in [0.2, 0.25) is 0 Å². The zero-order valence-electron chi connectivity index (χ0n) is 17.5. The van der Waals surface area contributed by atoms with Gasteiger partial charge < -0.3 is 5.32 Å². The first-order valence-electron chi connectivity index (χ1n) is 9.85. The predicted molar refractivity (Wildman–Crippen MR) is 121 cm³/mol. The average molecular weight is 536 g/mol. The Morgan fingerprint density at radius 2 is 1.69 bits per heavy atom. The maximum Gasteiger partial charge on any atom is 0.418 e. The van der Waals surface area contributed by atoms with Gasteiger partial charge in [0.15, 0.2) is 0 Å². The van der Waals surface area contributed by atoms with Gasteiger partial charge in [0.1, 0.15) is 10.1 Å². The summed E-state index contributed by atoms with van der Waals surface area (Å²) in [7, 11) is 0. The second-order valence-corrected chi connectivity index (χ2v) is 8.97. The third-order valence-electron chi connectivity index (χ3n) is 4.75. The normalized spacial score (nSPS) is 15.7. The van der Waals surface area contributed by atoms with Crippen LogP contribution in [0.25, 0.3) is 6.08 Å². The molecule has 1 heterocycles. The topological polar surface area (TPSA) is 49.4 Å². The predicted octanol–water partition coefficient (Wildman–Crippen LogP) is 6.48. The molecule has 0 radical (unpaired) electrons. The number of anilines is 1. The van der Waals surface area contributed by atoms with Crippen molar-refractivity contribution < 1.29 is 40.3 Å². The van der Waals surface area contributed by atoms with E-state index in [1.807, 2.05) is 5.32 Å². The lowest BCUT2D eigenvalue weighted by Gasteiger charge is -2.17. The van der Waals surface area contributed by atoms with Crippen molar-refractivity contribution >= 4 is 51.9 Å². The number of thiocarbonyl (C=S) groups is 1. The van der Waals surface area contributed by atoms with Gasteiger partial charge in [-0.15, -0.1) is 0 Å². The molecule has 0 atom stereocenters. The molecule has 3 rings (SSSR count). The molecule has 0 unspecified atom stereocenters. The third-order valence-corrected chi connectivity index (χ3v) is 6.13. The second kappa shape index (κ2) is 10.4. The van der Waals surface area contributed by atoms with Gasteiger partial charge in [-0.3, -0.25) is 14.5 Å². The molecule has 0 bridgehead atoms. The molecule has 0 aromatic heterocycles. The first-order chi connectivity index (χ1) is 16.3. The Morgan fingerprint density at radius 1 is 1.03 bits per heavy atom. The minimum Gasteiger partial charge on any atom is -0.325 e. The van der Waals surface area contributed by atoms with E-state index in [1.54, 1.807) is 0 Å². The molecule has 2 aromatic rings. The average Bonchev–Trinajstić information content (AvgIpc) is 3.01. The van der Waals surface area contributed by atoms with Crippen molar-refractivity contribution in [2.75, 3.05) is 11.9 Å². The summed E-state index contributed by atoms with van der Waals surface area (Å²) in [5.41, 5.74) is -3.20. The summed E-state index contributed by atoms with van der Waals surface area (Å²) in [5, 5.41) is 1.88. The van der Waals surface area contributed by atoms with Gasteiger partial charge >= 0.3 is 12.4 Å². The van der Waals surface area contributed by atoms with Gasteiger partial charge in [-0.1, -0.05) is 36.1 Å². The Kier molecular flexibility index (Phi) is 7.90. The van der Waals surface area contributed by atoms with Gasteiger partial charge in [0.2, 0.25) is 5.91 Å². The summed E-state index contributed by atoms with van der Waals surface area (Å²) in [6.45, 7) is -0.0342. The molecule has 0 spiro atoms. The van der Waals surface area contributed by atoms with Crippen LogP contribution >= 0.6 is 24.0 Å². The largest absolute Gasteiger partial charge is 0.418 e. The zero-order valence-corrected chi connectivity index (χ0v) is 19.1. The lowest BCUT2D eigenvalue weighted by atomic mass is 10.1. The molecule has 1 aliphatic rings. The monoisotopic (exact) mass is 536 g/mol. The fraction of sp³-hybridized carbons (Fsp3) is 0.227. The number of amides is 2. The van der Waals surface area contributed by atoms with Gasteiger partial charge in [0, 0.05) is 13.0 Å². The SMILES string of the molecule is O=C(CCCN1C(=O)/C(=C/c2ccc(F)cc2)SC1=S)Nc1cc(C(F)(F)F)ccc1C(F)(F)F.